The third-order valence-corrected chi connectivity index (χ3v) is 5.03. The Bertz CT molecular complexity index is 1100. The SMILES string of the molecule is O=C(O)CCc1ccc(OCCCNc2c3ccccc3nc3ccccc23)cc1. The minimum atomic E-state index is -0.780. The molecule has 1 aromatic heterocycles. The van der Waals surface area contributed by atoms with Gasteiger partial charge in [-0.25, -0.2) is 4.98 Å². The molecule has 4 rings (SSSR count). The van der Waals surface area contributed by atoms with E-state index in [0.29, 0.717) is 13.0 Å². The van der Waals surface area contributed by atoms with Gasteiger partial charge in [-0.3, -0.25) is 4.79 Å². The molecule has 0 aliphatic carbocycles. The number of aryl methyl sites for hydroxylation is 1. The maximum absolute atomic E-state index is 10.7. The summed E-state index contributed by atoms with van der Waals surface area (Å²) in [6, 6.07) is 24.0. The quantitative estimate of drug-likeness (QED) is 0.295. The summed E-state index contributed by atoms with van der Waals surface area (Å²) in [4.78, 5) is 15.4. The van der Waals surface area contributed by atoms with E-state index < -0.39 is 5.97 Å². The third kappa shape index (κ3) is 4.69. The minimum Gasteiger partial charge on any atom is -0.494 e. The maximum atomic E-state index is 10.7. The zero-order valence-electron chi connectivity index (χ0n) is 16.7. The fourth-order valence-electron chi connectivity index (χ4n) is 3.51. The number of anilines is 1. The van der Waals surface area contributed by atoms with Gasteiger partial charge in [-0.1, -0.05) is 48.5 Å². The van der Waals surface area contributed by atoms with Crippen molar-refractivity contribution >= 4 is 33.5 Å². The van der Waals surface area contributed by atoms with Gasteiger partial charge in [-0.05, 0) is 42.7 Å². The number of benzene rings is 3. The highest BCUT2D eigenvalue weighted by atomic mass is 16.5. The molecule has 0 radical (unpaired) electrons. The highest BCUT2D eigenvalue weighted by molar-refractivity contribution is 6.07. The molecule has 0 spiro atoms. The van der Waals surface area contributed by atoms with Crippen LogP contribution in [0, 0.1) is 0 Å². The van der Waals surface area contributed by atoms with Crippen LogP contribution >= 0.6 is 0 Å². The van der Waals surface area contributed by atoms with Gasteiger partial charge in [-0.2, -0.15) is 0 Å². The second-order valence-corrected chi connectivity index (χ2v) is 7.19. The molecule has 1 heterocycles. The summed E-state index contributed by atoms with van der Waals surface area (Å²) in [5, 5.41) is 14.6. The first-order valence-corrected chi connectivity index (χ1v) is 10.2. The van der Waals surface area contributed by atoms with E-state index in [4.69, 9.17) is 14.8 Å². The number of nitrogens with zero attached hydrogens (tertiary/aromatic N) is 1. The lowest BCUT2D eigenvalue weighted by Gasteiger charge is -2.13. The van der Waals surface area contributed by atoms with E-state index in [2.05, 4.69) is 17.4 Å². The van der Waals surface area contributed by atoms with Gasteiger partial charge in [0.05, 0.1) is 23.3 Å². The van der Waals surface area contributed by atoms with E-state index in [-0.39, 0.29) is 6.42 Å². The molecule has 0 bridgehead atoms. The van der Waals surface area contributed by atoms with Gasteiger partial charge in [0, 0.05) is 23.7 Å². The highest BCUT2D eigenvalue weighted by Gasteiger charge is 2.08. The van der Waals surface area contributed by atoms with Gasteiger partial charge in [0.15, 0.2) is 0 Å². The lowest BCUT2D eigenvalue weighted by atomic mass is 10.1. The lowest BCUT2D eigenvalue weighted by molar-refractivity contribution is -0.136. The Kier molecular flexibility index (Phi) is 6.09. The van der Waals surface area contributed by atoms with Crippen LogP contribution in [0.2, 0.25) is 0 Å². The Hall–Kier alpha value is -3.60. The third-order valence-electron chi connectivity index (χ3n) is 5.03. The fourth-order valence-corrected chi connectivity index (χ4v) is 3.51. The van der Waals surface area contributed by atoms with Crippen LogP contribution in [0.25, 0.3) is 21.8 Å². The maximum Gasteiger partial charge on any atom is 0.303 e. The number of pyridine rings is 1. The van der Waals surface area contributed by atoms with Crippen molar-refractivity contribution in [1.29, 1.82) is 0 Å². The molecule has 0 unspecified atom stereocenters. The van der Waals surface area contributed by atoms with Crippen molar-refractivity contribution in [3.8, 4) is 5.75 Å². The second kappa shape index (κ2) is 9.27. The Morgan fingerprint density at radius 2 is 1.53 bits per heavy atom. The van der Waals surface area contributed by atoms with Crippen molar-refractivity contribution in [2.75, 3.05) is 18.5 Å². The Balaban J connectivity index is 1.34. The van der Waals surface area contributed by atoms with Crippen molar-refractivity contribution in [2.45, 2.75) is 19.3 Å². The van der Waals surface area contributed by atoms with Crippen LogP contribution in [0.3, 0.4) is 0 Å². The molecule has 3 aromatic carbocycles. The topological polar surface area (TPSA) is 71.5 Å². The molecule has 152 valence electrons. The minimum absolute atomic E-state index is 0.143. The van der Waals surface area contributed by atoms with Gasteiger partial charge in [0.2, 0.25) is 0 Å². The molecule has 0 aliphatic heterocycles. The lowest BCUT2D eigenvalue weighted by Crippen LogP contribution is -2.08. The van der Waals surface area contributed by atoms with E-state index in [1.165, 1.54) is 0 Å². The first kappa shape index (κ1) is 19.7. The van der Waals surface area contributed by atoms with Gasteiger partial charge in [0.1, 0.15) is 5.75 Å². The van der Waals surface area contributed by atoms with Crippen LogP contribution in [0.4, 0.5) is 5.69 Å². The molecule has 0 aliphatic rings. The molecule has 0 atom stereocenters. The molecule has 0 saturated heterocycles. The summed E-state index contributed by atoms with van der Waals surface area (Å²) in [6.45, 7) is 1.39. The molecule has 30 heavy (non-hydrogen) atoms. The van der Waals surface area contributed by atoms with Crippen LogP contribution < -0.4 is 10.1 Å². The Labute approximate surface area is 175 Å². The monoisotopic (exact) mass is 400 g/mol. The van der Waals surface area contributed by atoms with Gasteiger partial charge >= 0.3 is 5.97 Å². The van der Waals surface area contributed by atoms with Crippen LogP contribution in [0.15, 0.2) is 72.8 Å². The standard InChI is InChI=1S/C25H24N2O3/c28-24(29)15-12-18-10-13-19(14-11-18)30-17-5-16-26-25-20-6-1-3-8-22(20)27-23-9-4-2-7-21(23)25/h1-4,6-11,13-14H,5,12,15-17H2,(H,26,27)(H,28,29). The summed E-state index contributed by atoms with van der Waals surface area (Å²) >= 11 is 0. The van der Waals surface area contributed by atoms with Crippen molar-refractivity contribution in [3.05, 3.63) is 78.4 Å². The molecule has 5 heteroatoms. The number of para-hydroxylation sites is 2. The normalized spacial score (nSPS) is 10.9. The number of carboxylic acid groups (broad SMARTS) is 1. The summed E-state index contributed by atoms with van der Waals surface area (Å²) < 4.78 is 5.83. The molecule has 0 fully saturated rings. The summed E-state index contributed by atoms with van der Waals surface area (Å²) in [7, 11) is 0. The van der Waals surface area contributed by atoms with Gasteiger partial charge in [0.25, 0.3) is 0 Å². The molecule has 4 aromatic rings. The van der Waals surface area contributed by atoms with Crippen molar-refractivity contribution < 1.29 is 14.6 Å². The zero-order chi connectivity index (χ0) is 20.8. The van der Waals surface area contributed by atoms with E-state index in [1.54, 1.807) is 0 Å². The second-order valence-electron chi connectivity index (χ2n) is 7.19. The van der Waals surface area contributed by atoms with E-state index in [9.17, 15) is 4.79 Å². The largest absolute Gasteiger partial charge is 0.494 e. The number of hydrogen-bond donors (Lipinski definition) is 2. The molecule has 2 N–H and O–H groups in total. The Morgan fingerprint density at radius 3 is 2.17 bits per heavy atom. The number of aliphatic carboxylic acids is 1. The number of hydrogen-bond acceptors (Lipinski definition) is 4. The van der Waals surface area contributed by atoms with Crippen LogP contribution in [0.5, 0.6) is 5.75 Å². The zero-order valence-corrected chi connectivity index (χ0v) is 16.7. The van der Waals surface area contributed by atoms with E-state index >= 15 is 0 Å². The number of rotatable bonds is 9. The number of ether oxygens (including phenoxy) is 1. The average molecular weight is 400 g/mol. The van der Waals surface area contributed by atoms with Crippen LogP contribution in [-0.4, -0.2) is 29.2 Å². The van der Waals surface area contributed by atoms with Crippen molar-refractivity contribution in [2.24, 2.45) is 0 Å². The van der Waals surface area contributed by atoms with Gasteiger partial charge < -0.3 is 15.2 Å². The van der Waals surface area contributed by atoms with Crippen molar-refractivity contribution in [1.82, 2.24) is 4.98 Å². The average Bonchev–Trinajstić information content (AvgIpc) is 2.77. The number of aromatic nitrogens is 1. The Morgan fingerprint density at radius 1 is 0.900 bits per heavy atom. The number of nitrogens with one attached hydrogen (secondary N) is 1. The smallest absolute Gasteiger partial charge is 0.303 e. The molecule has 0 saturated carbocycles. The molecular formula is C25H24N2O3. The predicted molar refractivity (Wildman–Crippen MR) is 120 cm³/mol. The molecule has 0 amide bonds. The predicted octanol–water partition coefficient (Wildman–Crippen LogP) is 5.29. The van der Waals surface area contributed by atoms with E-state index in [1.807, 2.05) is 60.7 Å². The molecule has 5 nitrogen and oxygen atoms in total. The first-order chi connectivity index (χ1) is 14.7. The summed E-state index contributed by atoms with van der Waals surface area (Å²) in [6.07, 6.45) is 1.53. The fraction of sp³-hybridized carbons (Fsp3) is 0.200. The van der Waals surface area contributed by atoms with Gasteiger partial charge in [-0.15, -0.1) is 0 Å². The number of carboxylic acids is 1. The highest BCUT2D eigenvalue weighted by Crippen LogP contribution is 2.30. The number of fused-ring (bicyclic) bond motifs is 2. The van der Waals surface area contributed by atoms with Crippen LogP contribution in [0.1, 0.15) is 18.4 Å². The van der Waals surface area contributed by atoms with Crippen molar-refractivity contribution in [3.63, 3.8) is 0 Å². The van der Waals surface area contributed by atoms with E-state index in [0.717, 1.165) is 51.8 Å². The molecular weight excluding hydrogens is 376 g/mol. The van der Waals surface area contributed by atoms with Crippen LogP contribution in [-0.2, 0) is 11.2 Å². The summed E-state index contributed by atoms with van der Waals surface area (Å²) in [5.74, 6) is 0.0199. The first-order valence-electron chi connectivity index (χ1n) is 10.2. The summed E-state index contributed by atoms with van der Waals surface area (Å²) in [5.41, 5.74) is 4.08. The number of carbonyl (C=O) groups is 1.